The second kappa shape index (κ2) is 4.88. The van der Waals surface area contributed by atoms with Crippen molar-refractivity contribution in [1.29, 1.82) is 0 Å². The van der Waals surface area contributed by atoms with Crippen LogP contribution < -0.4 is 10.3 Å². The summed E-state index contributed by atoms with van der Waals surface area (Å²) in [7, 11) is 1.47. The Bertz CT molecular complexity index is 745. The predicted molar refractivity (Wildman–Crippen MR) is 73.8 cm³/mol. The van der Waals surface area contributed by atoms with E-state index in [4.69, 9.17) is 9.84 Å². The number of pyridine rings is 1. The Hall–Kier alpha value is -2.50. The molecule has 0 aliphatic rings. The van der Waals surface area contributed by atoms with Crippen LogP contribution in [-0.4, -0.2) is 27.9 Å². The third-order valence-corrected chi connectivity index (χ3v) is 3.12. The van der Waals surface area contributed by atoms with Gasteiger partial charge in [0.15, 0.2) is 5.56 Å². The number of aromatic hydroxyl groups is 1. The molecule has 2 aromatic rings. The molecule has 0 unspecified atom stereocenters. The van der Waals surface area contributed by atoms with E-state index in [0.29, 0.717) is 11.3 Å². The number of hydrogen-bond acceptors (Lipinski definition) is 4. The zero-order chi connectivity index (χ0) is 15.0. The van der Waals surface area contributed by atoms with Crippen molar-refractivity contribution in [3.05, 3.63) is 34.1 Å². The summed E-state index contributed by atoms with van der Waals surface area (Å²) < 4.78 is 6.41. The van der Waals surface area contributed by atoms with Crippen molar-refractivity contribution in [2.75, 3.05) is 7.11 Å². The molecule has 0 saturated carbocycles. The summed E-state index contributed by atoms with van der Waals surface area (Å²) in [6.07, 6.45) is 0. The average molecular weight is 277 g/mol. The van der Waals surface area contributed by atoms with Crippen LogP contribution in [0, 0.1) is 0 Å². The van der Waals surface area contributed by atoms with Crippen LogP contribution >= 0.6 is 0 Å². The molecular formula is C14H15NO5. The summed E-state index contributed by atoms with van der Waals surface area (Å²) in [6.45, 7) is 3.54. The number of rotatable bonds is 3. The lowest BCUT2D eigenvalue weighted by Gasteiger charge is -2.17. The summed E-state index contributed by atoms with van der Waals surface area (Å²) in [5, 5.41) is 19.5. The van der Waals surface area contributed by atoms with Crippen molar-refractivity contribution in [1.82, 2.24) is 4.57 Å². The lowest BCUT2D eigenvalue weighted by molar-refractivity contribution is 0.0691. The molecule has 0 spiro atoms. The van der Waals surface area contributed by atoms with Crippen LogP contribution in [0.25, 0.3) is 10.9 Å². The van der Waals surface area contributed by atoms with Gasteiger partial charge in [-0.15, -0.1) is 0 Å². The van der Waals surface area contributed by atoms with Gasteiger partial charge in [-0.2, -0.15) is 0 Å². The zero-order valence-corrected chi connectivity index (χ0v) is 11.4. The van der Waals surface area contributed by atoms with Crippen LogP contribution in [0.1, 0.15) is 30.2 Å². The number of nitrogens with zero attached hydrogens (tertiary/aromatic N) is 1. The lowest BCUT2D eigenvalue weighted by Crippen LogP contribution is -2.28. The molecule has 0 bridgehead atoms. The Morgan fingerprint density at radius 2 is 2.00 bits per heavy atom. The Labute approximate surface area is 114 Å². The third kappa shape index (κ3) is 1.99. The topological polar surface area (TPSA) is 88.8 Å². The monoisotopic (exact) mass is 277 g/mol. The van der Waals surface area contributed by atoms with E-state index in [2.05, 4.69) is 0 Å². The third-order valence-electron chi connectivity index (χ3n) is 3.12. The zero-order valence-electron chi connectivity index (χ0n) is 11.4. The molecule has 6 nitrogen and oxygen atoms in total. The molecule has 0 saturated heterocycles. The van der Waals surface area contributed by atoms with E-state index >= 15 is 0 Å². The van der Waals surface area contributed by atoms with Crippen LogP contribution in [0.2, 0.25) is 0 Å². The molecule has 0 amide bonds. The second-order valence-electron chi connectivity index (χ2n) is 4.68. The molecular weight excluding hydrogens is 262 g/mol. The number of carbonyl (C=O) groups is 1. The minimum absolute atomic E-state index is 0.239. The maximum Gasteiger partial charge on any atom is 0.345 e. The summed E-state index contributed by atoms with van der Waals surface area (Å²) in [6, 6.07) is 4.55. The SMILES string of the molecule is COc1ccc2c(c1)c(O)c(C(=O)O)c(=O)n2C(C)C. The molecule has 0 aliphatic heterocycles. The highest BCUT2D eigenvalue weighted by Crippen LogP contribution is 2.30. The van der Waals surface area contributed by atoms with Crippen LogP contribution in [0.5, 0.6) is 11.5 Å². The van der Waals surface area contributed by atoms with Gasteiger partial charge in [-0.1, -0.05) is 0 Å². The smallest absolute Gasteiger partial charge is 0.345 e. The summed E-state index contributed by atoms with van der Waals surface area (Å²) in [5.74, 6) is -1.52. The van der Waals surface area contributed by atoms with Crippen molar-refractivity contribution < 1.29 is 19.7 Å². The van der Waals surface area contributed by atoms with E-state index in [1.165, 1.54) is 17.7 Å². The van der Waals surface area contributed by atoms with Gasteiger partial charge in [-0.3, -0.25) is 4.79 Å². The van der Waals surface area contributed by atoms with Crippen LogP contribution in [0.3, 0.4) is 0 Å². The van der Waals surface area contributed by atoms with Gasteiger partial charge in [-0.25, -0.2) is 4.79 Å². The minimum atomic E-state index is -1.45. The van der Waals surface area contributed by atoms with Crippen LogP contribution in [0.15, 0.2) is 23.0 Å². The van der Waals surface area contributed by atoms with Gasteiger partial charge in [-0.05, 0) is 32.0 Å². The first-order chi connectivity index (χ1) is 9.38. The molecule has 1 aromatic heterocycles. The predicted octanol–water partition coefficient (Wildman–Crippen LogP) is 1.99. The van der Waals surface area contributed by atoms with Crippen LogP contribution in [-0.2, 0) is 0 Å². The number of aromatic nitrogens is 1. The average Bonchev–Trinajstić information content (AvgIpc) is 2.37. The number of fused-ring (bicyclic) bond motifs is 1. The molecule has 20 heavy (non-hydrogen) atoms. The fourth-order valence-corrected chi connectivity index (χ4v) is 2.21. The van der Waals surface area contributed by atoms with Gasteiger partial charge in [0.05, 0.1) is 12.6 Å². The first kappa shape index (κ1) is 13.9. The molecule has 106 valence electrons. The Morgan fingerprint density at radius 1 is 1.35 bits per heavy atom. The van der Waals surface area contributed by atoms with E-state index in [1.54, 1.807) is 26.0 Å². The number of ether oxygens (including phenoxy) is 1. The molecule has 0 aliphatic carbocycles. The summed E-state index contributed by atoms with van der Waals surface area (Å²) >= 11 is 0. The van der Waals surface area contributed by atoms with Gasteiger partial charge < -0.3 is 19.5 Å². The number of carboxylic acids is 1. The van der Waals surface area contributed by atoms with E-state index in [0.717, 1.165) is 0 Å². The molecule has 0 fully saturated rings. The number of hydrogen-bond donors (Lipinski definition) is 2. The van der Waals surface area contributed by atoms with E-state index in [-0.39, 0.29) is 11.4 Å². The second-order valence-corrected chi connectivity index (χ2v) is 4.68. The van der Waals surface area contributed by atoms with Gasteiger partial charge >= 0.3 is 5.97 Å². The fourth-order valence-electron chi connectivity index (χ4n) is 2.21. The number of carboxylic acid groups (broad SMARTS) is 1. The van der Waals surface area contributed by atoms with E-state index in [1.807, 2.05) is 0 Å². The molecule has 1 heterocycles. The Balaban J connectivity index is 3.03. The highest BCUT2D eigenvalue weighted by molar-refractivity contribution is 5.99. The number of methoxy groups -OCH3 is 1. The first-order valence-electron chi connectivity index (χ1n) is 6.07. The normalized spacial score (nSPS) is 11.0. The number of benzene rings is 1. The van der Waals surface area contributed by atoms with Gasteiger partial charge in [0.2, 0.25) is 0 Å². The lowest BCUT2D eigenvalue weighted by atomic mass is 10.1. The summed E-state index contributed by atoms with van der Waals surface area (Å²) in [4.78, 5) is 23.4. The van der Waals surface area contributed by atoms with Crippen LogP contribution in [0.4, 0.5) is 0 Å². The molecule has 0 atom stereocenters. The largest absolute Gasteiger partial charge is 0.506 e. The molecule has 2 N–H and O–H groups in total. The van der Waals surface area contributed by atoms with Crippen molar-refractivity contribution in [2.45, 2.75) is 19.9 Å². The van der Waals surface area contributed by atoms with Crippen molar-refractivity contribution >= 4 is 16.9 Å². The molecule has 0 radical (unpaired) electrons. The van der Waals surface area contributed by atoms with Crippen molar-refractivity contribution in [3.63, 3.8) is 0 Å². The molecule has 6 heteroatoms. The van der Waals surface area contributed by atoms with Crippen molar-refractivity contribution in [2.24, 2.45) is 0 Å². The highest BCUT2D eigenvalue weighted by Gasteiger charge is 2.22. The maximum atomic E-state index is 12.2. The van der Waals surface area contributed by atoms with E-state index in [9.17, 15) is 14.7 Å². The summed E-state index contributed by atoms with van der Waals surface area (Å²) in [5.41, 5.74) is -0.879. The molecule has 1 aromatic carbocycles. The minimum Gasteiger partial charge on any atom is -0.506 e. The molecule has 2 rings (SSSR count). The standard InChI is InChI=1S/C14H15NO5/c1-7(2)15-10-5-4-8(20-3)6-9(10)12(16)11(13(15)17)14(18)19/h4-7,16H,1-3H3,(H,18,19). The number of aromatic carboxylic acids is 1. The van der Waals surface area contributed by atoms with Gasteiger partial charge in [0.25, 0.3) is 5.56 Å². The van der Waals surface area contributed by atoms with Gasteiger partial charge in [0.1, 0.15) is 11.5 Å². The van der Waals surface area contributed by atoms with Gasteiger partial charge in [0, 0.05) is 11.4 Å². The quantitative estimate of drug-likeness (QED) is 0.895. The highest BCUT2D eigenvalue weighted by atomic mass is 16.5. The fraction of sp³-hybridized carbons (Fsp3) is 0.286. The van der Waals surface area contributed by atoms with E-state index < -0.39 is 22.8 Å². The van der Waals surface area contributed by atoms with Crippen molar-refractivity contribution in [3.8, 4) is 11.5 Å². The maximum absolute atomic E-state index is 12.2. The Kier molecular flexibility index (Phi) is 3.40. The Morgan fingerprint density at radius 3 is 2.50 bits per heavy atom. The first-order valence-corrected chi connectivity index (χ1v) is 6.07.